The summed E-state index contributed by atoms with van der Waals surface area (Å²) >= 11 is 0. The minimum absolute atomic E-state index is 0.144. The molecule has 2 aromatic rings. The predicted molar refractivity (Wildman–Crippen MR) is 76.1 cm³/mol. The molecule has 2 rings (SSSR count). The van der Waals surface area contributed by atoms with E-state index in [1.807, 2.05) is 0 Å². The third kappa shape index (κ3) is 2.56. The number of phenols is 4. The summed E-state index contributed by atoms with van der Waals surface area (Å²) in [6.45, 7) is 3.07. The van der Waals surface area contributed by atoms with Crippen molar-refractivity contribution in [1.29, 1.82) is 0 Å². The molecule has 0 bridgehead atoms. The molecule has 2 aromatic carbocycles. The maximum absolute atomic E-state index is 11.0. The molecule has 0 heterocycles. The highest BCUT2D eigenvalue weighted by atomic mass is 16.5. The molecular weight excluding hydrogens is 292 g/mol. The third-order valence-electron chi connectivity index (χ3n) is 3.07. The van der Waals surface area contributed by atoms with Gasteiger partial charge in [0.05, 0.1) is 0 Å². The van der Waals surface area contributed by atoms with Crippen LogP contribution in [-0.4, -0.2) is 31.5 Å². The lowest BCUT2D eigenvalue weighted by Crippen LogP contribution is -2.01. The number of rotatable bonds is 3. The zero-order chi connectivity index (χ0) is 16.6. The Morgan fingerprint density at radius 3 is 2.09 bits per heavy atom. The number of hydrogen-bond donors (Lipinski definition) is 5. The quantitative estimate of drug-likeness (QED) is 0.551. The van der Waals surface area contributed by atoms with E-state index in [9.17, 15) is 25.2 Å². The van der Waals surface area contributed by atoms with Crippen molar-refractivity contribution in [2.24, 2.45) is 0 Å². The van der Waals surface area contributed by atoms with Crippen LogP contribution in [0.1, 0.15) is 21.5 Å². The lowest BCUT2D eigenvalue weighted by molar-refractivity contribution is 0.0692. The molecule has 0 aliphatic rings. The summed E-state index contributed by atoms with van der Waals surface area (Å²) in [5.74, 6) is -4.34. The zero-order valence-electron chi connectivity index (χ0n) is 11.8. The molecule has 0 fully saturated rings. The Morgan fingerprint density at radius 1 is 0.909 bits per heavy atom. The Bertz CT molecular complexity index is 765. The highest BCUT2D eigenvalue weighted by Gasteiger charge is 2.22. The number of carboxylic acid groups (broad SMARTS) is 1. The first-order chi connectivity index (χ1) is 10.2. The number of carbonyl (C=O) groups is 1. The first-order valence-corrected chi connectivity index (χ1v) is 6.21. The molecule has 5 N–H and O–H groups in total. The van der Waals surface area contributed by atoms with Gasteiger partial charge >= 0.3 is 5.97 Å². The number of phenolic OH excluding ortho intramolecular Hbond substituents is 3. The van der Waals surface area contributed by atoms with Crippen LogP contribution in [0.4, 0.5) is 0 Å². The summed E-state index contributed by atoms with van der Waals surface area (Å²) in [6, 6.07) is 3.93. The zero-order valence-corrected chi connectivity index (χ0v) is 11.8. The van der Waals surface area contributed by atoms with Gasteiger partial charge in [-0.15, -0.1) is 0 Å². The molecule has 7 nitrogen and oxygen atoms in total. The summed E-state index contributed by atoms with van der Waals surface area (Å²) in [7, 11) is 0. The molecule has 0 aliphatic carbocycles. The second-order valence-electron chi connectivity index (χ2n) is 4.80. The molecule has 0 spiro atoms. The topological polar surface area (TPSA) is 127 Å². The maximum Gasteiger partial charge on any atom is 0.339 e. The van der Waals surface area contributed by atoms with Crippen LogP contribution < -0.4 is 4.74 Å². The Hall–Kier alpha value is -3.09. The maximum atomic E-state index is 11.0. The van der Waals surface area contributed by atoms with Crippen LogP contribution in [0.15, 0.2) is 18.2 Å². The molecule has 0 amide bonds. The van der Waals surface area contributed by atoms with Gasteiger partial charge in [-0.1, -0.05) is 0 Å². The van der Waals surface area contributed by atoms with Crippen LogP contribution in [0.3, 0.4) is 0 Å². The van der Waals surface area contributed by atoms with Crippen molar-refractivity contribution in [3.8, 4) is 34.5 Å². The van der Waals surface area contributed by atoms with Gasteiger partial charge in [0, 0.05) is 0 Å². The Kier molecular flexibility index (Phi) is 3.73. The van der Waals surface area contributed by atoms with Gasteiger partial charge in [-0.3, -0.25) is 0 Å². The van der Waals surface area contributed by atoms with Crippen LogP contribution >= 0.6 is 0 Å². The van der Waals surface area contributed by atoms with E-state index in [0.29, 0.717) is 5.56 Å². The second kappa shape index (κ2) is 5.36. The minimum atomic E-state index is -1.40. The normalized spacial score (nSPS) is 10.5. The number of ether oxygens (including phenoxy) is 1. The smallest absolute Gasteiger partial charge is 0.339 e. The van der Waals surface area contributed by atoms with Gasteiger partial charge < -0.3 is 30.3 Å². The van der Waals surface area contributed by atoms with Crippen LogP contribution in [0, 0.1) is 13.8 Å². The standard InChI is InChI=1S/C15H14O7/c1-6-3-8(16)12(17)9(4-6)22-10-5-7(2)11(15(20)21)14(19)13(10)18/h3-5,16-19H,1-2H3,(H,20,21). The van der Waals surface area contributed by atoms with Gasteiger partial charge in [-0.05, 0) is 43.2 Å². The summed E-state index contributed by atoms with van der Waals surface area (Å²) in [4.78, 5) is 11.0. The molecule has 22 heavy (non-hydrogen) atoms. The van der Waals surface area contributed by atoms with Gasteiger partial charge in [-0.2, -0.15) is 0 Å². The average molecular weight is 306 g/mol. The van der Waals surface area contributed by atoms with E-state index in [-0.39, 0.29) is 17.1 Å². The Balaban J connectivity index is 2.54. The number of benzene rings is 2. The molecular formula is C15H14O7. The highest BCUT2D eigenvalue weighted by Crippen LogP contribution is 2.45. The monoisotopic (exact) mass is 306 g/mol. The van der Waals surface area contributed by atoms with E-state index in [0.717, 1.165) is 0 Å². The van der Waals surface area contributed by atoms with Crippen LogP contribution in [0.25, 0.3) is 0 Å². The van der Waals surface area contributed by atoms with E-state index >= 15 is 0 Å². The van der Waals surface area contributed by atoms with Gasteiger partial charge in [0.2, 0.25) is 11.5 Å². The fourth-order valence-corrected chi connectivity index (χ4v) is 2.03. The Labute approximate surface area is 125 Å². The first-order valence-electron chi connectivity index (χ1n) is 6.21. The van der Waals surface area contributed by atoms with Gasteiger partial charge in [0.1, 0.15) is 5.56 Å². The number of hydrogen-bond acceptors (Lipinski definition) is 6. The Morgan fingerprint density at radius 2 is 1.50 bits per heavy atom. The van der Waals surface area contributed by atoms with Crippen molar-refractivity contribution < 1.29 is 35.1 Å². The summed E-state index contributed by atoms with van der Waals surface area (Å²) in [5.41, 5.74) is 0.309. The first kappa shape index (κ1) is 15.3. The van der Waals surface area contributed by atoms with Crippen molar-refractivity contribution in [2.75, 3.05) is 0 Å². The van der Waals surface area contributed by atoms with Crippen molar-refractivity contribution in [3.63, 3.8) is 0 Å². The number of carboxylic acids is 1. The van der Waals surface area contributed by atoms with Crippen molar-refractivity contribution in [3.05, 3.63) is 34.9 Å². The number of aromatic carboxylic acids is 1. The van der Waals surface area contributed by atoms with Crippen LogP contribution in [0.2, 0.25) is 0 Å². The largest absolute Gasteiger partial charge is 0.504 e. The van der Waals surface area contributed by atoms with Gasteiger partial charge in [-0.25, -0.2) is 4.79 Å². The molecule has 0 saturated carbocycles. The lowest BCUT2D eigenvalue weighted by atomic mass is 10.1. The van der Waals surface area contributed by atoms with Gasteiger partial charge in [0.25, 0.3) is 0 Å². The molecule has 0 radical (unpaired) electrons. The van der Waals surface area contributed by atoms with Crippen LogP contribution in [0.5, 0.6) is 34.5 Å². The van der Waals surface area contributed by atoms with E-state index in [1.165, 1.54) is 25.1 Å². The van der Waals surface area contributed by atoms with Crippen molar-refractivity contribution in [2.45, 2.75) is 13.8 Å². The minimum Gasteiger partial charge on any atom is -0.504 e. The summed E-state index contributed by atoms with van der Waals surface area (Å²) in [5, 5.41) is 47.9. The molecule has 7 heteroatoms. The molecule has 0 unspecified atom stereocenters. The van der Waals surface area contributed by atoms with E-state index in [4.69, 9.17) is 9.84 Å². The number of aryl methyl sites for hydroxylation is 2. The fourth-order valence-electron chi connectivity index (χ4n) is 2.03. The molecule has 0 atom stereocenters. The average Bonchev–Trinajstić information content (AvgIpc) is 2.40. The summed E-state index contributed by atoms with van der Waals surface area (Å²) < 4.78 is 5.29. The molecule has 0 aromatic heterocycles. The third-order valence-corrected chi connectivity index (χ3v) is 3.07. The fraction of sp³-hybridized carbons (Fsp3) is 0.133. The predicted octanol–water partition coefficient (Wildman–Crippen LogP) is 2.62. The number of aromatic hydroxyl groups is 4. The van der Waals surface area contributed by atoms with Crippen LogP contribution in [-0.2, 0) is 0 Å². The highest BCUT2D eigenvalue weighted by molar-refractivity contribution is 5.94. The molecule has 0 saturated heterocycles. The lowest BCUT2D eigenvalue weighted by Gasteiger charge is -2.14. The second-order valence-corrected chi connectivity index (χ2v) is 4.80. The van der Waals surface area contributed by atoms with E-state index in [1.54, 1.807) is 6.92 Å². The van der Waals surface area contributed by atoms with E-state index < -0.39 is 34.5 Å². The molecule has 116 valence electrons. The van der Waals surface area contributed by atoms with Crippen molar-refractivity contribution in [1.82, 2.24) is 0 Å². The van der Waals surface area contributed by atoms with Crippen molar-refractivity contribution >= 4 is 5.97 Å². The van der Waals surface area contributed by atoms with Gasteiger partial charge in [0.15, 0.2) is 23.0 Å². The molecule has 0 aliphatic heterocycles. The SMILES string of the molecule is Cc1cc(O)c(O)c(Oc2cc(C)c(C(=O)O)c(O)c2O)c1. The summed E-state index contributed by atoms with van der Waals surface area (Å²) in [6.07, 6.45) is 0. The van der Waals surface area contributed by atoms with E-state index in [2.05, 4.69) is 0 Å².